The summed E-state index contributed by atoms with van der Waals surface area (Å²) in [6.07, 6.45) is 0.602. The summed E-state index contributed by atoms with van der Waals surface area (Å²) in [5.41, 5.74) is 6.06. The maximum Gasteiger partial charge on any atom is 0.407 e. The summed E-state index contributed by atoms with van der Waals surface area (Å²) in [5.74, 6) is 0. The first kappa shape index (κ1) is 37.4. The van der Waals surface area contributed by atoms with Gasteiger partial charge in [-0.1, -0.05) is 31.7 Å². The molecule has 0 radical (unpaired) electrons. The van der Waals surface area contributed by atoms with Crippen LogP contribution in [0.2, 0.25) is 0 Å². The molecule has 228 valence electrons. The second kappa shape index (κ2) is 20.3. The summed E-state index contributed by atoms with van der Waals surface area (Å²) in [6, 6.07) is 12.4. The molecule has 0 aromatic heterocycles. The van der Waals surface area contributed by atoms with Gasteiger partial charge in [0.25, 0.3) is 11.4 Å². The monoisotopic (exact) mass is 620 g/mol. The number of carbonyl (C=O) groups is 2. The number of nitro benzene ring substituents is 2. The summed E-state index contributed by atoms with van der Waals surface area (Å²) in [4.78, 5) is 41.5. The van der Waals surface area contributed by atoms with E-state index in [-0.39, 0.29) is 50.0 Å². The lowest BCUT2D eigenvalue weighted by molar-refractivity contribution is -0.385. The van der Waals surface area contributed by atoms with Crippen molar-refractivity contribution in [3.63, 3.8) is 0 Å². The molecule has 0 aliphatic carbocycles. The Morgan fingerprint density at radius 2 is 1.41 bits per heavy atom. The van der Waals surface area contributed by atoms with Crippen molar-refractivity contribution in [2.24, 2.45) is 5.73 Å². The Balaban J connectivity index is 0.000000623. The average molecular weight is 621 g/mol. The zero-order chi connectivity index (χ0) is 28.6. The Bertz CT molecular complexity index is 1110. The van der Waals surface area contributed by atoms with Gasteiger partial charge in [0.1, 0.15) is 12.2 Å². The number of nitrogens with two attached hydrogens (primary N) is 1. The second-order valence-electron chi connectivity index (χ2n) is 8.14. The summed E-state index contributed by atoms with van der Waals surface area (Å²) >= 11 is 4.94. The minimum atomic E-state index is -0.745. The number of nitrogens with one attached hydrogen (secondary N) is 1. The van der Waals surface area contributed by atoms with Crippen molar-refractivity contribution in [2.75, 3.05) is 26.4 Å². The number of amides is 1. The van der Waals surface area contributed by atoms with Crippen LogP contribution in [-0.2, 0) is 32.0 Å². The number of ether oxygens (including phenoxy) is 4. The molecule has 2 fully saturated rings. The van der Waals surface area contributed by atoms with Crippen molar-refractivity contribution in [1.29, 1.82) is 0 Å². The second-order valence-corrected chi connectivity index (χ2v) is 8.45. The molecule has 41 heavy (non-hydrogen) atoms. The largest absolute Gasteiger partial charge is 0.448 e. The van der Waals surface area contributed by atoms with E-state index in [9.17, 15) is 29.8 Å². The molecule has 0 spiro atoms. The Kier molecular flexibility index (Phi) is 18.6. The first-order valence-electron chi connectivity index (χ1n) is 11.8. The third-order valence-corrected chi connectivity index (χ3v) is 5.31. The van der Waals surface area contributed by atoms with Crippen LogP contribution < -0.4 is 11.1 Å². The van der Waals surface area contributed by atoms with Crippen molar-refractivity contribution in [3.8, 4) is 0 Å². The van der Waals surface area contributed by atoms with Crippen molar-refractivity contribution < 1.29 is 38.4 Å². The third kappa shape index (κ3) is 15.1. The molecular formula is C25H34Cl2N4O10. The van der Waals surface area contributed by atoms with Crippen molar-refractivity contribution in [3.05, 3.63) is 79.9 Å². The lowest BCUT2D eigenvalue weighted by Crippen LogP contribution is -2.28. The lowest BCUT2D eigenvalue weighted by Gasteiger charge is -2.11. The quantitative estimate of drug-likeness (QED) is 0.243. The van der Waals surface area contributed by atoms with Gasteiger partial charge in [-0.05, 0) is 11.1 Å². The fourth-order valence-corrected chi connectivity index (χ4v) is 3.41. The smallest absolute Gasteiger partial charge is 0.407 e. The van der Waals surface area contributed by atoms with Gasteiger partial charge in [-0.3, -0.25) is 20.2 Å². The number of hydrogen-bond acceptors (Lipinski definition) is 11. The summed E-state index contributed by atoms with van der Waals surface area (Å²) in [5, 5.41) is 23.4. The lowest BCUT2D eigenvalue weighted by atomic mass is 10.2. The highest BCUT2D eigenvalue weighted by Gasteiger charge is 2.20. The van der Waals surface area contributed by atoms with Gasteiger partial charge >= 0.3 is 11.5 Å². The maximum absolute atomic E-state index is 11.5. The molecule has 4 rings (SSSR count). The minimum Gasteiger partial charge on any atom is -0.448 e. The van der Waals surface area contributed by atoms with Crippen LogP contribution >= 0.6 is 24.0 Å². The molecule has 1 amide bonds. The van der Waals surface area contributed by atoms with Crippen LogP contribution in [0.15, 0.2) is 48.5 Å². The van der Waals surface area contributed by atoms with Gasteiger partial charge in [0.05, 0.1) is 36.3 Å². The van der Waals surface area contributed by atoms with Gasteiger partial charge < -0.3 is 30.0 Å². The molecule has 2 aliphatic heterocycles. The predicted octanol–water partition coefficient (Wildman–Crippen LogP) is 4.87. The molecule has 2 aliphatic rings. The highest BCUT2D eigenvalue weighted by atomic mass is 35.5. The van der Waals surface area contributed by atoms with E-state index in [0.29, 0.717) is 45.0 Å². The standard InChI is InChI=1S/C12H14N2O5.C7H8N2O2.C5H7ClO3.CH4.ClH/c15-12(19-11-4-5-18-8-11)13-7-9-2-1-3-10(6-9)14(16)17;8-5-6-2-1-3-7(4-6)9(10)11;6-5(7)9-4-1-2-8-3-4;;/h1-3,6,11H,4-5,7-8H2,(H,13,15);1-4H,5,8H2;4H,1-3H2;1H4;1H/t11-;;4-;;/m0.0../s1. The van der Waals surface area contributed by atoms with Crippen molar-refractivity contribution in [1.82, 2.24) is 5.32 Å². The number of non-ortho nitro benzene ring substituents is 2. The normalized spacial score (nSPS) is 16.6. The molecule has 2 aromatic rings. The molecule has 2 atom stereocenters. The minimum absolute atomic E-state index is 0. The van der Waals surface area contributed by atoms with Crippen LogP contribution in [-0.4, -0.2) is 60.0 Å². The zero-order valence-electron chi connectivity index (χ0n) is 21.3. The van der Waals surface area contributed by atoms with E-state index in [1.807, 2.05) is 0 Å². The molecule has 16 heteroatoms. The number of carbonyl (C=O) groups excluding carboxylic acids is 2. The SMILES string of the molecule is C.Cl.NCc1cccc([N+](=O)[O-])c1.O=C(Cl)O[C@H]1CCOC1.O=C(NCc1cccc([N+](=O)[O-])c1)O[C@H]1CCOC1. The summed E-state index contributed by atoms with van der Waals surface area (Å²) in [6.45, 7) is 2.69. The van der Waals surface area contributed by atoms with E-state index in [4.69, 9.17) is 31.5 Å². The number of benzene rings is 2. The fraction of sp³-hybridized carbons (Fsp3) is 0.440. The van der Waals surface area contributed by atoms with Crippen LogP contribution in [0.25, 0.3) is 0 Å². The molecule has 0 saturated carbocycles. The van der Waals surface area contributed by atoms with Gasteiger partial charge in [-0.15, -0.1) is 12.4 Å². The van der Waals surface area contributed by atoms with E-state index >= 15 is 0 Å². The number of nitro groups is 2. The number of halogens is 2. The Morgan fingerprint density at radius 3 is 1.85 bits per heavy atom. The van der Waals surface area contributed by atoms with E-state index in [1.54, 1.807) is 24.3 Å². The van der Waals surface area contributed by atoms with E-state index in [0.717, 1.165) is 12.0 Å². The first-order valence-corrected chi connectivity index (χ1v) is 12.2. The molecule has 2 heterocycles. The molecule has 0 bridgehead atoms. The zero-order valence-corrected chi connectivity index (χ0v) is 22.8. The van der Waals surface area contributed by atoms with E-state index in [1.165, 1.54) is 24.3 Å². The molecule has 2 aromatic carbocycles. The van der Waals surface area contributed by atoms with Gasteiger partial charge in [0, 0.05) is 61.8 Å². The number of rotatable bonds is 7. The third-order valence-electron chi connectivity index (χ3n) is 5.22. The Morgan fingerprint density at radius 1 is 0.927 bits per heavy atom. The predicted molar refractivity (Wildman–Crippen MR) is 152 cm³/mol. The molecule has 2 saturated heterocycles. The number of nitrogens with zero attached hydrogens (tertiary/aromatic N) is 2. The molecule has 3 N–H and O–H groups in total. The van der Waals surface area contributed by atoms with E-state index < -0.39 is 21.4 Å². The first-order chi connectivity index (χ1) is 18.7. The maximum atomic E-state index is 11.5. The molecular weight excluding hydrogens is 587 g/mol. The van der Waals surface area contributed by atoms with Gasteiger partial charge in [-0.25, -0.2) is 9.59 Å². The Hall–Kier alpha value is -3.56. The van der Waals surface area contributed by atoms with Crippen LogP contribution in [0, 0.1) is 20.2 Å². The Labute approximate surface area is 248 Å². The van der Waals surface area contributed by atoms with Gasteiger partial charge in [-0.2, -0.15) is 0 Å². The van der Waals surface area contributed by atoms with Crippen LogP contribution in [0.4, 0.5) is 21.0 Å². The highest BCUT2D eigenvalue weighted by Crippen LogP contribution is 2.14. The van der Waals surface area contributed by atoms with Crippen LogP contribution in [0.3, 0.4) is 0 Å². The number of alkyl carbamates (subject to hydrolysis) is 1. The highest BCUT2D eigenvalue weighted by molar-refractivity contribution is 6.61. The van der Waals surface area contributed by atoms with Crippen LogP contribution in [0.5, 0.6) is 0 Å². The topological polar surface area (TPSA) is 195 Å². The van der Waals surface area contributed by atoms with Crippen molar-refractivity contribution in [2.45, 2.75) is 45.6 Å². The van der Waals surface area contributed by atoms with Gasteiger partial charge in [0.2, 0.25) is 0 Å². The van der Waals surface area contributed by atoms with E-state index in [2.05, 4.69) is 10.1 Å². The molecule has 0 unspecified atom stereocenters. The average Bonchev–Trinajstić information content (AvgIpc) is 3.63. The summed E-state index contributed by atoms with van der Waals surface area (Å²) < 4.78 is 19.7. The van der Waals surface area contributed by atoms with Crippen LogP contribution in [0.1, 0.15) is 31.4 Å². The molecule has 14 nitrogen and oxygen atoms in total. The number of hydrogen-bond donors (Lipinski definition) is 2. The van der Waals surface area contributed by atoms with Crippen molar-refractivity contribution >= 4 is 46.9 Å². The fourth-order valence-electron chi connectivity index (χ4n) is 3.29. The summed E-state index contributed by atoms with van der Waals surface area (Å²) in [7, 11) is 0. The van der Waals surface area contributed by atoms with Gasteiger partial charge in [0.15, 0.2) is 0 Å².